The number of hydrogen-bond acceptors (Lipinski definition) is 4. The molecule has 1 aromatic rings. The number of carbonyl (C=O) groups excluding carboxylic acids is 1. The lowest BCUT2D eigenvalue weighted by atomic mass is 9.86. The summed E-state index contributed by atoms with van der Waals surface area (Å²) in [5, 5.41) is 3.14. The molecule has 110 valence electrons. The fourth-order valence-corrected chi connectivity index (χ4v) is 2.48. The van der Waals surface area contributed by atoms with E-state index in [-0.39, 0.29) is 23.5 Å². The van der Waals surface area contributed by atoms with E-state index in [1.165, 1.54) is 12.7 Å². The maximum absolute atomic E-state index is 11.5. The molecule has 0 spiro atoms. The molecule has 2 atom stereocenters. The van der Waals surface area contributed by atoms with Crippen LogP contribution in [0.1, 0.15) is 32.8 Å². The minimum Gasteiger partial charge on any atom is -0.489 e. The first-order chi connectivity index (χ1) is 9.41. The van der Waals surface area contributed by atoms with Crippen molar-refractivity contribution in [1.29, 1.82) is 0 Å². The van der Waals surface area contributed by atoms with Crippen LogP contribution < -0.4 is 10.1 Å². The molecule has 0 saturated carbocycles. The maximum Gasteiger partial charge on any atom is 0.323 e. The molecule has 2 rings (SSSR count). The van der Waals surface area contributed by atoms with Crippen molar-refractivity contribution in [3.8, 4) is 5.75 Å². The van der Waals surface area contributed by atoms with Gasteiger partial charge in [-0.2, -0.15) is 0 Å². The summed E-state index contributed by atoms with van der Waals surface area (Å²) in [5.41, 5.74) is 1.21. The highest BCUT2D eigenvalue weighted by Crippen LogP contribution is 2.32. The number of esters is 1. The largest absolute Gasteiger partial charge is 0.489 e. The van der Waals surface area contributed by atoms with Gasteiger partial charge in [0.25, 0.3) is 0 Å². The van der Waals surface area contributed by atoms with Crippen molar-refractivity contribution in [2.24, 2.45) is 0 Å². The molecule has 20 heavy (non-hydrogen) atoms. The molecular formula is C16H23NO3. The quantitative estimate of drug-likeness (QED) is 0.861. The summed E-state index contributed by atoms with van der Waals surface area (Å²) in [5.74, 6) is 0.678. The van der Waals surface area contributed by atoms with Gasteiger partial charge in [-0.15, -0.1) is 0 Å². The molecule has 1 N–H and O–H groups in total. The van der Waals surface area contributed by atoms with Crippen LogP contribution >= 0.6 is 0 Å². The molecule has 1 aromatic carbocycles. The van der Waals surface area contributed by atoms with Gasteiger partial charge in [0.05, 0.1) is 7.11 Å². The molecule has 1 fully saturated rings. The van der Waals surface area contributed by atoms with Crippen molar-refractivity contribution >= 4 is 5.97 Å². The Hall–Kier alpha value is -1.55. The van der Waals surface area contributed by atoms with Gasteiger partial charge in [0.1, 0.15) is 17.9 Å². The molecule has 0 bridgehead atoms. The van der Waals surface area contributed by atoms with Gasteiger partial charge in [0, 0.05) is 13.0 Å². The number of hydrogen-bond donors (Lipinski definition) is 1. The molecule has 0 aliphatic carbocycles. The summed E-state index contributed by atoms with van der Waals surface area (Å²) in [6, 6.07) is 7.83. The van der Waals surface area contributed by atoms with E-state index in [1.54, 1.807) is 0 Å². The maximum atomic E-state index is 11.5. The van der Waals surface area contributed by atoms with Crippen molar-refractivity contribution < 1.29 is 14.3 Å². The van der Waals surface area contributed by atoms with Gasteiger partial charge >= 0.3 is 5.97 Å². The van der Waals surface area contributed by atoms with Gasteiger partial charge in [0.2, 0.25) is 0 Å². The highest BCUT2D eigenvalue weighted by atomic mass is 16.5. The first-order valence-corrected chi connectivity index (χ1v) is 6.99. The highest BCUT2D eigenvalue weighted by molar-refractivity contribution is 5.76. The lowest BCUT2D eigenvalue weighted by Gasteiger charge is -2.24. The van der Waals surface area contributed by atoms with Gasteiger partial charge in [0.15, 0.2) is 0 Å². The molecule has 1 saturated heterocycles. The van der Waals surface area contributed by atoms with Crippen molar-refractivity contribution in [1.82, 2.24) is 5.32 Å². The van der Waals surface area contributed by atoms with Gasteiger partial charge in [-0.3, -0.25) is 4.79 Å². The van der Waals surface area contributed by atoms with Crippen LogP contribution in [0.25, 0.3) is 0 Å². The van der Waals surface area contributed by atoms with Crippen LogP contribution in [0.4, 0.5) is 0 Å². The standard InChI is InChI=1S/C16H23NO3/c1-16(2,3)12-7-5-6-8-14(12)20-11-9-13(17-10-11)15(18)19-4/h5-8,11,13,17H,9-10H2,1-4H3. The van der Waals surface area contributed by atoms with Crippen LogP contribution in [-0.2, 0) is 14.9 Å². The number of benzene rings is 1. The minimum atomic E-state index is -0.258. The van der Waals surface area contributed by atoms with E-state index in [9.17, 15) is 4.79 Å². The van der Waals surface area contributed by atoms with Crippen LogP contribution in [0, 0.1) is 0 Å². The molecule has 1 aliphatic rings. The van der Waals surface area contributed by atoms with Crippen LogP contribution in [0.3, 0.4) is 0 Å². The third kappa shape index (κ3) is 3.31. The minimum absolute atomic E-state index is 0.00241. The smallest absolute Gasteiger partial charge is 0.323 e. The molecule has 0 amide bonds. The summed E-state index contributed by atoms with van der Waals surface area (Å²) in [6.07, 6.45) is 0.646. The van der Waals surface area contributed by atoms with E-state index in [1.807, 2.05) is 18.2 Å². The normalized spacial score (nSPS) is 22.6. The molecule has 0 radical (unpaired) electrons. The Labute approximate surface area is 120 Å². The zero-order chi connectivity index (χ0) is 14.8. The van der Waals surface area contributed by atoms with E-state index in [0.717, 1.165) is 5.75 Å². The van der Waals surface area contributed by atoms with Crippen molar-refractivity contribution in [3.05, 3.63) is 29.8 Å². The third-order valence-corrected chi connectivity index (χ3v) is 3.56. The summed E-state index contributed by atoms with van der Waals surface area (Å²) < 4.78 is 10.8. The van der Waals surface area contributed by atoms with Crippen LogP contribution in [-0.4, -0.2) is 31.8 Å². The first-order valence-electron chi connectivity index (χ1n) is 6.99. The van der Waals surface area contributed by atoms with E-state index < -0.39 is 0 Å². The van der Waals surface area contributed by atoms with Crippen molar-refractivity contribution in [3.63, 3.8) is 0 Å². The monoisotopic (exact) mass is 277 g/mol. The number of para-hydroxylation sites is 1. The van der Waals surface area contributed by atoms with E-state index in [0.29, 0.717) is 13.0 Å². The highest BCUT2D eigenvalue weighted by Gasteiger charge is 2.32. The average Bonchev–Trinajstić information content (AvgIpc) is 2.86. The van der Waals surface area contributed by atoms with E-state index in [2.05, 4.69) is 32.2 Å². The predicted molar refractivity (Wildman–Crippen MR) is 78.0 cm³/mol. The molecule has 4 nitrogen and oxygen atoms in total. The Morgan fingerprint density at radius 1 is 1.30 bits per heavy atom. The summed E-state index contributed by atoms with van der Waals surface area (Å²) in [6.45, 7) is 7.16. The predicted octanol–water partition coefficient (Wildman–Crippen LogP) is 2.27. The topological polar surface area (TPSA) is 47.6 Å². The Morgan fingerprint density at radius 2 is 2.00 bits per heavy atom. The Bertz CT molecular complexity index is 479. The van der Waals surface area contributed by atoms with Gasteiger partial charge in [-0.25, -0.2) is 0 Å². The molecular weight excluding hydrogens is 254 g/mol. The summed E-state index contributed by atoms with van der Waals surface area (Å²) in [4.78, 5) is 11.5. The zero-order valence-electron chi connectivity index (χ0n) is 12.6. The van der Waals surface area contributed by atoms with E-state index >= 15 is 0 Å². The number of rotatable bonds is 3. The second kappa shape index (κ2) is 5.83. The average molecular weight is 277 g/mol. The molecule has 0 aromatic heterocycles. The van der Waals surface area contributed by atoms with Crippen molar-refractivity contribution in [2.45, 2.75) is 44.8 Å². The van der Waals surface area contributed by atoms with Gasteiger partial charge in [-0.05, 0) is 17.0 Å². The number of methoxy groups -OCH3 is 1. The fourth-order valence-electron chi connectivity index (χ4n) is 2.48. The number of carbonyl (C=O) groups is 1. The van der Waals surface area contributed by atoms with E-state index in [4.69, 9.17) is 9.47 Å². The molecule has 1 aliphatic heterocycles. The van der Waals surface area contributed by atoms with Crippen LogP contribution in [0.15, 0.2) is 24.3 Å². The second-order valence-electron chi connectivity index (χ2n) is 6.21. The van der Waals surface area contributed by atoms with Crippen molar-refractivity contribution in [2.75, 3.05) is 13.7 Å². The SMILES string of the molecule is COC(=O)C1CC(Oc2ccccc2C(C)(C)C)CN1. The molecule has 4 heteroatoms. The van der Waals surface area contributed by atoms with Crippen LogP contribution in [0.2, 0.25) is 0 Å². The number of ether oxygens (including phenoxy) is 2. The summed E-state index contributed by atoms with van der Waals surface area (Å²) >= 11 is 0. The number of nitrogens with one attached hydrogen (secondary N) is 1. The molecule has 1 heterocycles. The molecule has 2 unspecified atom stereocenters. The van der Waals surface area contributed by atoms with Gasteiger partial charge in [-0.1, -0.05) is 39.0 Å². The lowest BCUT2D eigenvalue weighted by Crippen LogP contribution is -2.31. The first kappa shape index (κ1) is 14.9. The third-order valence-electron chi connectivity index (χ3n) is 3.56. The Kier molecular flexibility index (Phi) is 4.33. The lowest BCUT2D eigenvalue weighted by molar-refractivity contribution is -0.142. The fraction of sp³-hybridized carbons (Fsp3) is 0.562. The van der Waals surface area contributed by atoms with Crippen LogP contribution in [0.5, 0.6) is 5.75 Å². The second-order valence-corrected chi connectivity index (χ2v) is 6.21. The Balaban J connectivity index is 2.07. The Morgan fingerprint density at radius 3 is 2.65 bits per heavy atom. The zero-order valence-corrected chi connectivity index (χ0v) is 12.6. The van der Waals surface area contributed by atoms with Gasteiger partial charge < -0.3 is 14.8 Å². The summed E-state index contributed by atoms with van der Waals surface area (Å²) in [7, 11) is 1.41.